The molecule has 1 unspecified atom stereocenters. The van der Waals surface area contributed by atoms with Crippen molar-refractivity contribution in [3.63, 3.8) is 0 Å². The largest absolute Gasteiger partial charge is 0.459 e. The highest BCUT2D eigenvalue weighted by Crippen LogP contribution is 2.12. The normalized spacial score (nSPS) is 13.9. The zero-order valence-corrected chi connectivity index (χ0v) is 11.3. The monoisotopic (exact) mass is 254 g/mol. The molecule has 0 bridgehead atoms. The van der Waals surface area contributed by atoms with Gasteiger partial charge in [-0.05, 0) is 26.3 Å². The smallest absolute Gasteiger partial charge is 0.338 e. The number of allylic oxidation sites excluding steroid dienone is 2. The summed E-state index contributed by atoms with van der Waals surface area (Å²) in [5.74, 6) is -0.593. The second-order valence-electron chi connectivity index (χ2n) is 4.69. The van der Waals surface area contributed by atoms with Gasteiger partial charge in [0.2, 0.25) is 0 Å². The van der Waals surface area contributed by atoms with Crippen LogP contribution < -0.4 is 0 Å². The van der Waals surface area contributed by atoms with Crippen LogP contribution in [0, 0.1) is 0 Å². The van der Waals surface area contributed by atoms with Crippen molar-refractivity contribution in [2.75, 3.05) is 13.2 Å². The molecule has 0 saturated carbocycles. The number of carbonyl (C=O) groups is 1. The number of carbonyl (C=O) groups excluding carboxylic acids is 1. The van der Waals surface area contributed by atoms with E-state index < -0.39 is 24.3 Å². The SMILES string of the molecule is C=C/C=C(\C=C)COC(=O)C(CO)OC(C)(C)C. The first-order chi connectivity index (χ1) is 8.34. The fraction of sp³-hybridized carbons (Fsp3) is 0.500. The van der Waals surface area contributed by atoms with Crippen molar-refractivity contribution in [1.82, 2.24) is 0 Å². The minimum absolute atomic E-state index is 0.0817. The maximum Gasteiger partial charge on any atom is 0.338 e. The molecule has 0 aromatic carbocycles. The lowest BCUT2D eigenvalue weighted by molar-refractivity contribution is -0.169. The summed E-state index contributed by atoms with van der Waals surface area (Å²) in [6, 6.07) is 0. The molecule has 0 aliphatic carbocycles. The van der Waals surface area contributed by atoms with E-state index in [0.717, 1.165) is 5.57 Å². The van der Waals surface area contributed by atoms with E-state index in [2.05, 4.69) is 13.2 Å². The minimum Gasteiger partial charge on any atom is -0.459 e. The van der Waals surface area contributed by atoms with Gasteiger partial charge < -0.3 is 14.6 Å². The molecule has 0 amide bonds. The van der Waals surface area contributed by atoms with Crippen LogP contribution in [0.5, 0.6) is 0 Å². The molecule has 0 rings (SSSR count). The summed E-state index contributed by atoms with van der Waals surface area (Å²) < 4.78 is 10.4. The van der Waals surface area contributed by atoms with Gasteiger partial charge in [0.05, 0.1) is 12.2 Å². The Labute approximate surface area is 109 Å². The number of aliphatic hydroxyl groups excluding tert-OH is 1. The van der Waals surface area contributed by atoms with Crippen molar-refractivity contribution < 1.29 is 19.4 Å². The topological polar surface area (TPSA) is 55.8 Å². The summed E-state index contributed by atoms with van der Waals surface area (Å²) in [5, 5.41) is 9.11. The molecule has 1 atom stereocenters. The lowest BCUT2D eigenvalue weighted by Crippen LogP contribution is -2.37. The highest BCUT2D eigenvalue weighted by atomic mass is 16.6. The Morgan fingerprint density at radius 3 is 2.39 bits per heavy atom. The highest BCUT2D eigenvalue weighted by Gasteiger charge is 2.25. The van der Waals surface area contributed by atoms with Gasteiger partial charge in [-0.3, -0.25) is 0 Å². The maximum absolute atomic E-state index is 11.7. The van der Waals surface area contributed by atoms with E-state index in [0.29, 0.717) is 0 Å². The van der Waals surface area contributed by atoms with Crippen LogP contribution in [0.1, 0.15) is 20.8 Å². The van der Waals surface area contributed by atoms with Gasteiger partial charge in [0.15, 0.2) is 6.10 Å². The molecule has 0 fully saturated rings. The second-order valence-corrected chi connectivity index (χ2v) is 4.69. The first kappa shape index (κ1) is 16.6. The van der Waals surface area contributed by atoms with Gasteiger partial charge in [0, 0.05) is 0 Å². The van der Waals surface area contributed by atoms with Gasteiger partial charge in [-0.1, -0.05) is 31.4 Å². The van der Waals surface area contributed by atoms with E-state index in [1.807, 2.05) is 0 Å². The molecule has 18 heavy (non-hydrogen) atoms. The van der Waals surface area contributed by atoms with Crippen molar-refractivity contribution >= 4 is 5.97 Å². The molecule has 0 aromatic heterocycles. The van der Waals surface area contributed by atoms with Gasteiger partial charge in [0.25, 0.3) is 0 Å². The molecule has 0 aliphatic heterocycles. The van der Waals surface area contributed by atoms with Crippen LogP contribution in [0.25, 0.3) is 0 Å². The zero-order valence-electron chi connectivity index (χ0n) is 11.3. The molecule has 0 saturated heterocycles. The van der Waals surface area contributed by atoms with E-state index in [1.165, 1.54) is 0 Å². The third-order valence-corrected chi connectivity index (χ3v) is 1.90. The number of rotatable bonds is 7. The third kappa shape index (κ3) is 7.04. The standard InChI is InChI=1S/C14H22O4/c1-6-8-11(7-2)10-17-13(16)12(9-15)18-14(3,4)5/h6-8,12,15H,1-2,9-10H2,3-5H3/b11-8+. The van der Waals surface area contributed by atoms with Crippen LogP contribution in [0.4, 0.5) is 0 Å². The van der Waals surface area contributed by atoms with Crippen LogP contribution in [0.2, 0.25) is 0 Å². The highest BCUT2D eigenvalue weighted by molar-refractivity contribution is 5.75. The fourth-order valence-corrected chi connectivity index (χ4v) is 1.16. The molecule has 1 N–H and O–H groups in total. The predicted molar refractivity (Wildman–Crippen MR) is 71.1 cm³/mol. The van der Waals surface area contributed by atoms with Gasteiger partial charge in [-0.15, -0.1) is 0 Å². The molecule has 0 heterocycles. The Bertz CT molecular complexity index is 323. The van der Waals surface area contributed by atoms with Crippen molar-refractivity contribution in [3.05, 3.63) is 37.0 Å². The lowest BCUT2D eigenvalue weighted by Gasteiger charge is -2.25. The average molecular weight is 254 g/mol. The molecular formula is C14H22O4. The summed E-state index contributed by atoms with van der Waals surface area (Å²) in [4.78, 5) is 11.7. The van der Waals surface area contributed by atoms with E-state index in [1.54, 1.807) is 39.0 Å². The third-order valence-electron chi connectivity index (χ3n) is 1.90. The fourth-order valence-electron chi connectivity index (χ4n) is 1.16. The number of aliphatic hydroxyl groups is 1. The summed E-state index contributed by atoms with van der Waals surface area (Å²) >= 11 is 0. The first-order valence-corrected chi connectivity index (χ1v) is 5.73. The van der Waals surface area contributed by atoms with Gasteiger partial charge >= 0.3 is 5.97 Å². The van der Waals surface area contributed by atoms with E-state index in [4.69, 9.17) is 14.6 Å². The lowest BCUT2D eigenvalue weighted by atomic mass is 10.2. The van der Waals surface area contributed by atoms with Crippen LogP contribution >= 0.6 is 0 Å². The average Bonchev–Trinajstić information content (AvgIpc) is 2.29. The zero-order chi connectivity index (χ0) is 14.2. The van der Waals surface area contributed by atoms with Gasteiger partial charge in [0.1, 0.15) is 6.61 Å². The van der Waals surface area contributed by atoms with Crippen LogP contribution in [-0.4, -0.2) is 36.0 Å². The molecule has 0 aliphatic rings. The Balaban J connectivity index is 4.41. The van der Waals surface area contributed by atoms with Gasteiger partial charge in [-0.2, -0.15) is 0 Å². The summed E-state index contributed by atoms with van der Waals surface area (Å²) in [6.07, 6.45) is 3.88. The maximum atomic E-state index is 11.7. The Hall–Kier alpha value is -1.39. The van der Waals surface area contributed by atoms with Crippen LogP contribution in [0.15, 0.2) is 37.0 Å². The van der Waals surface area contributed by atoms with Crippen molar-refractivity contribution in [2.45, 2.75) is 32.5 Å². The minimum atomic E-state index is -0.972. The quantitative estimate of drug-likeness (QED) is 0.557. The Morgan fingerprint density at radius 2 is 2.00 bits per heavy atom. The van der Waals surface area contributed by atoms with Gasteiger partial charge in [-0.25, -0.2) is 4.79 Å². The molecule has 0 radical (unpaired) electrons. The summed E-state index contributed by atoms with van der Waals surface area (Å²) in [6.45, 7) is 12.2. The molecule has 4 nitrogen and oxygen atoms in total. The first-order valence-electron chi connectivity index (χ1n) is 5.73. The molecule has 4 heteroatoms. The number of esters is 1. The summed E-state index contributed by atoms with van der Waals surface area (Å²) in [7, 11) is 0. The van der Waals surface area contributed by atoms with Crippen molar-refractivity contribution in [2.24, 2.45) is 0 Å². The molecule has 102 valence electrons. The summed E-state index contributed by atoms with van der Waals surface area (Å²) in [5.41, 5.74) is 0.204. The number of ether oxygens (including phenoxy) is 2. The number of hydrogen-bond acceptors (Lipinski definition) is 4. The van der Waals surface area contributed by atoms with E-state index in [-0.39, 0.29) is 6.61 Å². The predicted octanol–water partition coefficient (Wildman–Crippen LogP) is 2.00. The van der Waals surface area contributed by atoms with E-state index in [9.17, 15) is 4.79 Å². The molecule has 0 spiro atoms. The second kappa shape index (κ2) is 7.84. The van der Waals surface area contributed by atoms with Crippen LogP contribution in [-0.2, 0) is 14.3 Å². The Kier molecular flexibility index (Phi) is 7.24. The molecule has 0 aromatic rings. The Morgan fingerprint density at radius 1 is 1.39 bits per heavy atom. The molecular weight excluding hydrogens is 232 g/mol. The van der Waals surface area contributed by atoms with Crippen LogP contribution in [0.3, 0.4) is 0 Å². The number of hydrogen-bond donors (Lipinski definition) is 1. The van der Waals surface area contributed by atoms with Crippen molar-refractivity contribution in [1.29, 1.82) is 0 Å². The van der Waals surface area contributed by atoms with E-state index >= 15 is 0 Å². The van der Waals surface area contributed by atoms with Crippen molar-refractivity contribution in [3.8, 4) is 0 Å².